The molecule has 0 atom stereocenters. The van der Waals surface area contributed by atoms with Crippen molar-refractivity contribution in [3.63, 3.8) is 0 Å². The van der Waals surface area contributed by atoms with Crippen LogP contribution in [0.2, 0.25) is 10.0 Å². The molecule has 0 amide bonds. The van der Waals surface area contributed by atoms with Gasteiger partial charge in [-0.3, -0.25) is 0 Å². The van der Waals surface area contributed by atoms with Crippen molar-refractivity contribution in [3.8, 4) is 6.07 Å². The van der Waals surface area contributed by atoms with Gasteiger partial charge in [0.05, 0.1) is 27.4 Å². The van der Waals surface area contributed by atoms with Crippen LogP contribution in [0.1, 0.15) is 11.1 Å². The van der Waals surface area contributed by atoms with Gasteiger partial charge in [-0.15, -0.1) is 0 Å². The van der Waals surface area contributed by atoms with Crippen molar-refractivity contribution >= 4 is 28.9 Å². The molecule has 0 heterocycles. The van der Waals surface area contributed by atoms with E-state index in [-0.39, 0.29) is 5.02 Å². The van der Waals surface area contributed by atoms with Gasteiger partial charge in [0.1, 0.15) is 5.82 Å². The summed E-state index contributed by atoms with van der Waals surface area (Å²) in [5, 5.41) is 12.3. The van der Waals surface area contributed by atoms with Crippen LogP contribution in [0.5, 0.6) is 0 Å². The van der Waals surface area contributed by atoms with Crippen molar-refractivity contribution in [2.45, 2.75) is 6.54 Å². The van der Waals surface area contributed by atoms with E-state index in [9.17, 15) is 4.39 Å². The molecule has 0 saturated heterocycles. The van der Waals surface area contributed by atoms with E-state index >= 15 is 0 Å². The second kappa shape index (κ2) is 5.92. The van der Waals surface area contributed by atoms with E-state index in [1.54, 1.807) is 30.3 Å². The van der Waals surface area contributed by atoms with E-state index in [1.807, 2.05) is 6.07 Å². The number of benzene rings is 2. The molecule has 0 spiro atoms. The zero-order chi connectivity index (χ0) is 13.8. The van der Waals surface area contributed by atoms with Crippen molar-refractivity contribution in [2.75, 3.05) is 5.32 Å². The quantitative estimate of drug-likeness (QED) is 0.897. The Hall–Kier alpha value is -1.76. The minimum Gasteiger partial charge on any atom is -0.380 e. The lowest BCUT2D eigenvalue weighted by Crippen LogP contribution is -2.01. The molecule has 2 aromatic rings. The zero-order valence-corrected chi connectivity index (χ0v) is 11.3. The first-order valence-electron chi connectivity index (χ1n) is 5.48. The van der Waals surface area contributed by atoms with Gasteiger partial charge >= 0.3 is 0 Å². The topological polar surface area (TPSA) is 35.8 Å². The summed E-state index contributed by atoms with van der Waals surface area (Å²) in [4.78, 5) is 0. The van der Waals surface area contributed by atoms with Crippen molar-refractivity contribution < 1.29 is 4.39 Å². The van der Waals surface area contributed by atoms with E-state index in [0.717, 1.165) is 0 Å². The number of rotatable bonds is 3. The van der Waals surface area contributed by atoms with Gasteiger partial charge in [-0.2, -0.15) is 5.26 Å². The Kier molecular flexibility index (Phi) is 4.26. The summed E-state index contributed by atoms with van der Waals surface area (Å²) in [6, 6.07) is 11.6. The van der Waals surface area contributed by atoms with Gasteiger partial charge in [0.15, 0.2) is 0 Å². The highest BCUT2D eigenvalue weighted by molar-refractivity contribution is 6.33. The Balaban J connectivity index is 2.15. The molecular weight excluding hydrogens is 286 g/mol. The molecule has 0 aliphatic carbocycles. The summed E-state index contributed by atoms with van der Waals surface area (Å²) in [6.45, 7) is 0.349. The predicted octanol–water partition coefficient (Wildman–Crippen LogP) is 4.62. The Morgan fingerprint density at radius 1 is 1.21 bits per heavy atom. The standard InChI is InChI=1S/C14H9Cl2FN2/c15-11-6-9(7-18)4-5-13(11)19-8-10-2-1-3-12(17)14(10)16/h1-6,19H,8H2. The van der Waals surface area contributed by atoms with E-state index in [4.69, 9.17) is 28.5 Å². The normalized spacial score (nSPS) is 10.0. The van der Waals surface area contributed by atoms with Crippen LogP contribution < -0.4 is 5.32 Å². The summed E-state index contributed by atoms with van der Waals surface area (Å²) >= 11 is 11.9. The number of nitriles is 1. The zero-order valence-electron chi connectivity index (χ0n) is 9.75. The number of anilines is 1. The number of hydrogen-bond acceptors (Lipinski definition) is 2. The summed E-state index contributed by atoms with van der Waals surface area (Å²) in [6.07, 6.45) is 0. The summed E-state index contributed by atoms with van der Waals surface area (Å²) in [5.74, 6) is -0.452. The third-order valence-corrected chi connectivity index (χ3v) is 3.34. The maximum atomic E-state index is 13.3. The molecule has 0 fully saturated rings. The molecule has 0 aliphatic heterocycles. The largest absolute Gasteiger partial charge is 0.380 e. The molecule has 0 bridgehead atoms. The molecule has 0 saturated carbocycles. The lowest BCUT2D eigenvalue weighted by Gasteiger charge is -2.10. The first-order valence-corrected chi connectivity index (χ1v) is 6.24. The molecule has 0 radical (unpaired) electrons. The van der Waals surface area contributed by atoms with E-state index < -0.39 is 5.82 Å². The molecule has 0 aromatic heterocycles. The van der Waals surface area contributed by atoms with Crippen LogP contribution in [0.15, 0.2) is 36.4 Å². The lowest BCUT2D eigenvalue weighted by atomic mass is 10.2. The van der Waals surface area contributed by atoms with Crippen molar-refractivity contribution in [2.24, 2.45) is 0 Å². The number of hydrogen-bond donors (Lipinski definition) is 1. The van der Waals surface area contributed by atoms with Crippen molar-refractivity contribution in [3.05, 3.63) is 63.4 Å². The van der Waals surface area contributed by atoms with Gasteiger partial charge in [-0.1, -0.05) is 35.3 Å². The maximum Gasteiger partial charge on any atom is 0.142 e. The highest BCUT2D eigenvalue weighted by Gasteiger charge is 2.06. The van der Waals surface area contributed by atoms with Crippen LogP contribution in [0.25, 0.3) is 0 Å². The molecule has 96 valence electrons. The number of halogens is 3. The predicted molar refractivity (Wildman–Crippen MR) is 74.9 cm³/mol. The van der Waals surface area contributed by atoms with E-state index in [0.29, 0.717) is 28.4 Å². The van der Waals surface area contributed by atoms with Crippen LogP contribution in [0.4, 0.5) is 10.1 Å². The minimum absolute atomic E-state index is 0.0970. The molecular formula is C14H9Cl2FN2. The molecule has 2 rings (SSSR count). The third kappa shape index (κ3) is 3.17. The van der Waals surface area contributed by atoms with Gasteiger partial charge < -0.3 is 5.32 Å². The molecule has 19 heavy (non-hydrogen) atoms. The van der Waals surface area contributed by atoms with Crippen LogP contribution in [-0.2, 0) is 6.54 Å². The van der Waals surface area contributed by atoms with Crippen LogP contribution in [0.3, 0.4) is 0 Å². The lowest BCUT2D eigenvalue weighted by molar-refractivity contribution is 0.626. The monoisotopic (exact) mass is 294 g/mol. The maximum absolute atomic E-state index is 13.3. The average molecular weight is 295 g/mol. The Bertz CT molecular complexity index is 650. The second-order valence-corrected chi connectivity index (χ2v) is 4.66. The summed E-state index contributed by atoms with van der Waals surface area (Å²) in [5.41, 5.74) is 1.79. The number of nitrogens with zero attached hydrogens (tertiary/aromatic N) is 1. The molecule has 0 unspecified atom stereocenters. The first kappa shape index (κ1) is 13.7. The Morgan fingerprint density at radius 2 is 2.00 bits per heavy atom. The van der Waals surface area contributed by atoms with Crippen LogP contribution >= 0.6 is 23.2 Å². The third-order valence-electron chi connectivity index (χ3n) is 2.60. The first-order chi connectivity index (χ1) is 9.11. The Labute approximate surface area is 120 Å². The molecule has 2 nitrogen and oxygen atoms in total. The molecule has 0 aliphatic rings. The fraction of sp³-hybridized carbons (Fsp3) is 0.0714. The van der Waals surface area contributed by atoms with Crippen LogP contribution in [0, 0.1) is 17.1 Å². The highest BCUT2D eigenvalue weighted by Crippen LogP contribution is 2.25. The van der Waals surface area contributed by atoms with Gasteiger partial charge in [0, 0.05) is 6.54 Å². The number of nitrogens with one attached hydrogen (secondary N) is 1. The minimum atomic E-state index is -0.452. The van der Waals surface area contributed by atoms with Crippen LogP contribution in [-0.4, -0.2) is 0 Å². The van der Waals surface area contributed by atoms with Gasteiger partial charge in [-0.25, -0.2) is 4.39 Å². The van der Waals surface area contributed by atoms with E-state index in [2.05, 4.69) is 5.32 Å². The smallest absolute Gasteiger partial charge is 0.142 e. The Morgan fingerprint density at radius 3 is 2.68 bits per heavy atom. The van der Waals surface area contributed by atoms with E-state index in [1.165, 1.54) is 6.07 Å². The van der Waals surface area contributed by atoms with Crippen molar-refractivity contribution in [1.82, 2.24) is 0 Å². The average Bonchev–Trinajstić information content (AvgIpc) is 2.41. The van der Waals surface area contributed by atoms with Gasteiger partial charge in [0.25, 0.3) is 0 Å². The summed E-state index contributed by atoms with van der Waals surface area (Å²) in [7, 11) is 0. The fourth-order valence-corrected chi connectivity index (χ4v) is 2.04. The molecule has 2 aromatic carbocycles. The molecule has 5 heteroatoms. The fourth-order valence-electron chi connectivity index (χ4n) is 1.60. The summed E-state index contributed by atoms with van der Waals surface area (Å²) < 4.78 is 13.3. The van der Waals surface area contributed by atoms with Crippen molar-refractivity contribution in [1.29, 1.82) is 5.26 Å². The van der Waals surface area contributed by atoms with Gasteiger partial charge in [0.2, 0.25) is 0 Å². The second-order valence-electron chi connectivity index (χ2n) is 3.87. The highest BCUT2D eigenvalue weighted by atomic mass is 35.5. The molecule has 1 N–H and O–H groups in total. The SMILES string of the molecule is N#Cc1ccc(NCc2cccc(F)c2Cl)c(Cl)c1. The van der Waals surface area contributed by atoms with Gasteiger partial charge in [-0.05, 0) is 29.8 Å².